The summed E-state index contributed by atoms with van der Waals surface area (Å²) >= 11 is 1.53. The maximum Gasteiger partial charge on any atom is 0.224 e. The third kappa shape index (κ3) is 5.45. The van der Waals surface area contributed by atoms with Crippen LogP contribution in [0.15, 0.2) is 29.6 Å². The molecule has 1 aromatic heterocycles. The minimum absolute atomic E-state index is 0.0615. The summed E-state index contributed by atoms with van der Waals surface area (Å²) in [5, 5.41) is 8.28. The topological polar surface area (TPSA) is 71.1 Å². The van der Waals surface area contributed by atoms with Gasteiger partial charge in [0.15, 0.2) is 0 Å². The fraction of sp³-hybridized carbons (Fsp3) is 0.312. The van der Waals surface area contributed by atoms with Gasteiger partial charge in [0.1, 0.15) is 5.82 Å². The first kappa shape index (κ1) is 17.1. The van der Waals surface area contributed by atoms with Crippen LogP contribution in [0.4, 0.5) is 10.1 Å². The third-order valence-electron chi connectivity index (χ3n) is 3.17. The van der Waals surface area contributed by atoms with E-state index in [0.29, 0.717) is 5.69 Å². The van der Waals surface area contributed by atoms with Gasteiger partial charge in [-0.3, -0.25) is 9.59 Å². The molecule has 0 spiro atoms. The average molecular weight is 335 g/mol. The zero-order chi connectivity index (χ0) is 16.8. The highest BCUT2D eigenvalue weighted by atomic mass is 32.1. The summed E-state index contributed by atoms with van der Waals surface area (Å²) in [6, 6.07) is 5.28. The van der Waals surface area contributed by atoms with Crippen LogP contribution >= 0.6 is 11.3 Å². The maximum absolute atomic E-state index is 12.8. The zero-order valence-corrected chi connectivity index (χ0v) is 13.7. The Balaban J connectivity index is 1.75. The van der Waals surface area contributed by atoms with E-state index in [4.69, 9.17) is 0 Å². The summed E-state index contributed by atoms with van der Waals surface area (Å²) in [4.78, 5) is 28.0. The summed E-state index contributed by atoms with van der Waals surface area (Å²) in [5.41, 5.74) is 1.32. The van der Waals surface area contributed by atoms with E-state index in [2.05, 4.69) is 15.6 Å². The van der Waals surface area contributed by atoms with Crippen LogP contribution in [-0.4, -0.2) is 16.8 Å². The van der Waals surface area contributed by atoms with E-state index in [9.17, 15) is 14.0 Å². The molecule has 2 aromatic rings. The summed E-state index contributed by atoms with van der Waals surface area (Å²) in [5.74, 6) is -0.866. The lowest BCUT2D eigenvalue weighted by Crippen LogP contribution is -2.27. The predicted molar refractivity (Wildman–Crippen MR) is 87.7 cm³/mol. The Morgan fingerprint density at radius 3 is 2.48 bits per heavy atom. The number of amides is 2. The fourth-order valence-corrected chi connectivity index (χ4v) is 2.66. The molecule has 0 saturated carbocycles. The second kappa shape index (κ2) is 7.82. The number of benzene rings is 1. The quantitative estimate of drug-likeness (QED) is 0.852. The number of anilines is 1. The molecule has 0 bridgehead atoms. The average Bonchev–Trinajstić information content (AvgIpc) is 2.94. The maximum atomic E-state index is 12.8. The zero-order valence-electron chi connectivity index (χ0n) is 12.9. The molecule has 2 rings (SSSR count). The fourth-order valence-electron chi connectivity index (χ4n) is 1.95. The van der Waals surface area contributed by atoms with Gasteiger partial charge in [0.25, 0.3) is 0 Å². The van der Waals surface area contributed by atoms with E-state index < -0.39 is 0 Å². The Morgan fingerprint density at radius 1 is 1.22 bits per heavy atom. The van der Waals surface area contributed by atoms with Crippen molar-refractivity contribution in [1.29, 1.82) is 0 Å². The largest absolute Gasteiger partial charge is 0.348 e. The molecule has 122 valence electrons. The highest BCUT2D eigenvalue weighted by molar-refractivity contribution is 7.09. The number of thiazole rings is 1. The normalized spacial score (nSPS) is 11.8. The number of aromatic nitrogens is 1. The van der Waals surface area contributed by atoms with Gasteiger partial charge >= 0.3 is 0 Å². The van der Waals surface area contributed by atoms with Crippen LogP contribution < -0.4 is 10.6 Å². The summed E-state index contributed by atoms with van der Waals surface area (Å²) in [7, 11) is 0. The van der Waals surface area contributed by atoms with Crippen molar-refractivity contribution in [3.05, 3.63) is 46.2 Å². The summed E-state index contributed by atoms with van der Waals surface area (Å²) < 4.78 is 12.8. The molecule has 1 heterocycles. The standard InChI is InChI=1S/C16H18FN3O2S/c1-10(14-9-23-11(2)19-14)18-15(21)7-8-16(22)20-13-5-3-12(17)4-6-13/h3-6,9-10H,7-8H2,1-2H3,(H,18,21)(H,20,22). The number of hydrogen-bond donors (Lipinski definition) is 2. The lowest BCUT2D eigenvalue weighted by atomic mass is 10.2. The van der Waals surface area contributed by atoms with Gasteiger partial charge in [0.2, 0.25) is 11.8 Å². The molecule has 0 aliphatic rings. The Labute approximate surface area is 137 Å². The number of nitrogens with zero attached hydrogens (tertiary/aromatic N) is 1. The lowest BCUT2D eigenvalue weighted by molar-refractivity contribution is -0.124. The smallest absolute Gasteiger partial charge is 0.224 e. The second-order valence-corrected chi connectivity index (χ2v) is 6.20. The molecule has 1 aromatic carbocycles. The molecule has 1 atom stereocenters. The van der Waals surface area contributed by atoms with Gasteiger partial charge in [-0.25, -0.2) is 9.37 Å². The van der Waals surface area contributed by atoms with Crippen molar-refractivity contribution in [2.24, 2.45) is 0 Å². The molecular formula is C16H18FN3O2S. The molecule has 2 amide bonds. The highest BCUT2D eigenvalue weighted by Gasteiger charge is 2.13. The molecule has 5 nitrogen and oxygen atoms in total. The number of aryl methyl sites for hydroxylation is 1. The number of nitrogens with one attached hydrogen (secondary N) is 2. The van der Waals surface area contributed by atoms with Gasteiger partial charge in [-0.15, -0.1) is 11.3 Å². The first-order valence-electron chi connectivity index (χ1n) is 7.21. The van der Waals surface area contributed by atoms with E-state index in [-0.39, 0.29) is 36.5 Å². The number of halogens is 1. The first-order valence-corrected chi connectivity index (χ1v) is 8.09. The van der Waals surface area contributed by atoms with Gasteiger partial charge in [-0.2, -0.15) is 0 Å². The van der Waals surface area contributed by atoms with Gasteiger partial charge in [-0.1, -0.05) is 0 Å². The molecule has 2 N–H and O–H groups in total. The molecular weight excluding hydrogens is 317 g/mol. The molecule has 0 fully saturated rings. The van der Waals surface area contributed by atoms with Crippen molar-refractivity contribution >= 4 is 28.8 Å². The Hall–Kier alpha value is -2.28. The van der Waals surface area contributed by atoms with E-state index in [0.717, 1.165) is 10.7 Å². The van der Waals surface area contributed by atoms with E-state index >= 15 is 0 Å². The van der Waals surface area contributed by atoms with E-state index in [1.165, 1.54) is 35.6 Å². The predicted octanol–water partition coefficient (Wildman–Crippen LogP) is 3.19. The number of hydrogen-bond acceptors (Lipinski definition) is 4. The van der Waals surface area contributed by atoms with E-state index in [1.54, 1.807) is 0 Å². The summed E-state index contributed by atoms with van der Waals surface area (Å²) in [6.45, 7) is 3.76. The number of carbonyl (C=O) groups is 2. The molecule has 0 saturated heterocycles. The lowest BCUT2D eigenvalue weighted by Gasteiger charge is -2.11. The van der Waals surface area contributed by atoms with Gasteiger partial charge < -0.3 is 10.6 Å². The molecule has 0 aliphatic heterocycles. The van der Waals surface area contributed by atoms with Crippen LogP contribution in [0.2, 0.25) is 0 Å². The van der Waals surface area contributed by atoms with Crippen molar-refractivity contribution in [2.75, 3.05) is 5.32 Å². The Kier molecular flexibility index (Phi) is 5.81. The van der Waals surface area contributed by atoms with Crippen LogP contribution in [0.5, 0.6) is 0 Å². The molecule has 0 radical (unpaired) electrons. The minimum Gasteiger partial charge on any atom is -0.348 e. The second-order valence-electron chi connectivity index (χ2n) is 5.14. The van der Waals surface area contributed by atoms with Gasteiger partial charge in [0, 0.05) is 23.9 Å². The van der Waals surface area contributed by atoms with E-state index in [1.807, 2.05) is 19.2 Å². The SMILES string of the molecule is Cc1nc(C(C)NC(=O)CCC(=O)Nc2ccc(F)cc2)cs1. The summed E-state index contributed by atoms with van der Waals surface area (Å²) in [6.07, 6.45) is 0.145. The number of rotatable bonds is 6. The Morgan fingerprint density at radius 2 is 1.87 bits per heavy atom. The Bertz CT molecular complexity index is 685. The molecule has 23 heavy (non-hydrogen) atoms. The number of carbonyl (C=O) groups excluding carboxylic acids is 2. The van der Waals surface area contributed by atoms with Crippen molar-refractivity contribution < 1.29 is 14.0 Å². The van der Waals surface area contributed by atoms with Crippen molar-refractivity contribution in [3.8, 4) is 0 Å². The van der Waals surface area contributed by atoms with Crippen LogP contribution in [0, 0.1) is 12.7 Å². The van der Waals surface area contributed by atoms with Crippen LogP contribution in [0.1, 0.15) is 36.5 Å². The van der Waals surface area contributed by atoms with Crippen molar-refractivity contribution in [2.45, 2.75) is 32.7 Å². The first-order chi connectivity index (χ1) is 10.9. The monoisotopic (exact) mass is 335 g/mol. The highest BCUT2D eigenvalue weighted by Crippen LogP contribution is 2.16. The van der Waals surface area contributed by atoms with Crippen LogP contribution in [0.3, 0.4) is 0 Å². The van der Waals surface area contributed by atoms with Crippen molar-refractivity contribution in [1.82, 2.24) is 10.3 Å². The van der Waals surface area contributed by atoms with Gasteiger partial charge in [-0.05, 0) is 38.1 Å². The van der Waals surface area contributed by atoms with Crippen LogP contribution in [0.25, 0.3) is 0 Å². The minimum atomic E-state index is -0.367. The molecule has 0 aliphatic carbocycles. The molecule has 7 heteroatoms. The van der Waals surface area contributed by atoms with Gasteiger partial charge in [0.05, 0.1) is 16.7 Å². The van der Waals surface area contributed by atoms with Crippen molar-refractivity contribution in [3.63, 3.8) is 0 Å². The third-order valence-corrected chi connectivity index (χ3v) is 3.96. The molecule has 1 unspecified atom stereocenters. The van der Waals surface area contributed by atoms with Crippen LogP contribution in [-0.2, 0) is 9.59 Å².